The third-order valence-electron chi connectivity index (χ3n) is 5.40. The smallest absolute Gasteiger partial charge is 0.296 e. The van der Waals surface area contributed by atoms with Crippen LogP contribution in [0.4, 0.5) is 11.8 Å². The van der Waals surface area contributed by atoms with Gasteiger partial charge in [-0.1, -0.05) is 60.7 Å². The number of hydrogen-bond acceptors (Lipinski definition) is 6. The summed E-state index contributed by atoms with van der Waals surface area (Å²) in [6.07, 6.45) is 4.01. The summed E-state index contributed by atoms with van der Waals surface area (Å²) < 4.78 is 14.2. The Morgan fingerprint density at radius 1 is 0.613 bits per heavy atom. The second-order valence-electron chi connectivity index (χ2n) is 7.54. The van der Waals surface area contributed by atoms with Crippen molar-refractivity contribution in [1.29, 1.82) is 0 Å². The van der Waals surface area contributed by atoms with Crippen molar-refractivity contribution in [3.63, 3.8) is 0 Å². The van der Waals surface area contributed by atoms with Gasteiger partial charge in [0.2, 0.25) is 10.5 Å². The van der Waals surface area contributed by atoms with Gasteiger partial charge in [0.25, 0.3) is 23.2 Å². The van der Waals surface area contributed by atoms with Crippen LogP contribution in [-0.4, -0.2) is 10.5 Å². The Kier molecular flexibility index (Phi) is 6.56. The van der Waals surface area contributed by atoms with Crippen molar-refractivity contribution in [2.45, 2.75) is 45.2 Å². The van der Waals surface area contributed by atoms with Gasteiger partial charge in [-0.3, -0.25) is 9.05 Å². The van der Waals surface area contributed by atoms with Crippen LogP contribution in [0, 0.1) is 0 Å². The SMILES string of the molecule is Nc1on[n+](CCc2ccccc2)c1CCCc1c(N)on[n+]1CCc1ccccc1. The number of nitrogen functional groups attached to an aromatic ring is 2. The van der Waals surface area contributed by atoms with Crippen molar-refractivity contribution in [3.8, 4) is 0 Å². The Bertz CT molecular complexity index is 1000. The molecular weight excluding hydrogens is 392 g/mol. The first-order chi connectivity index (χ1) is 15.2. The summed E-state index contributed by atoms with van der Waals surface area (Å²) in [5.74, 6) is 0.728. The summed E-state index contributed by atoms with van der Waals surface area (Å²) in [4.78, 5) is 0. The third kappa shape index (κ3) is 5.28. The van der Waals surface area contributed by atoms with Gasteiger partial charge in [0.05, 0.1) is 0 Å². The van der Waals surface area contributed by atoms with Gasteiger partial charge >= 0.3 is 0 Å². The number of benzene rings is 2. The van der Waals surface area contributed by atoms with E-state index in [0.29, 0.717) is 24.9 Å². The van der Waals surface area contributed by atoms with Crippen LogP contribution in [0.5, 0.6) is 0 Å². The molecule has 0 unspecified atom stereocenters. The molecule has 0 atom stereocenters. The number of aromatic nitrogens is 4. The maximum absolute atomic E-state index is 6.03. The molecule has 8 nitrogen and oxygen atoms in total. The maximum atomic E-state index is 6.03. The summed E-state index contributed by atoms with van der Waals surface area (Å²) in [6.45, 7) is 1.43. The number of nitrogens with zero attached hydrogens (tertiary/aromatic N) is 4. The number of nitrogens with two attached hydrogens (primary N) is 2. The molecule has 0 spiro atoms. The first kappa shape index (κ1) is 20.6. The minimum atomic E-state index is 0.364. The molecule has 0 aliphatic heterocycles. The molecule has 0 saturated carbocycles. The number of aryl methyl sites for hydroxylation is 4. The lowest BCUT2D eigenvalue weighted by molar-refractivity contribution is -0.768. The maximum Gasteiger partial charge on any atom is 0.296 e. The summed E-state index contributed by atoms with van der Waals surface area (Å²) in [5.41, 5.74) is 16.4. The summed E-state index contributed by atoms with van der Waals surface area (Å²) in [7, 11) is 0. The van der Waals surface area contributed by atoms with E-state index in [9.17, 15) is 0 Å². The van der Waals surface area contributed by atoms with E-state index in [4.69, 9.17) is 20.5 Å². The molecule has 2 aromatic heterocycles. The van der Waals surface area contributed by atoms with Crippen LogP contribution in [0.25, 0.3) is 0 Å². The zero-order valence-corrected chi connectivity index (χ0v) is 17.5. The highest BCUT2D eigenvalue weighted by Crippen LogP contribution is 2.13. The average Bonchev–Trinajstić information content (AvgIpc) is 3.34. The van der Waals surface area contributed by atoms with Gasteiger partial charge in [-0.05, 0) is 26.9 Å². The predicted molar refractivity (Wildman–Crippen MR) is 115 cm³/mol. The molecule has 0 aliphatic rings. The largest absolute Gasteiger partial charge is 0.362 e. The molecule has 4 aromatic rings. The second kappa shape index (κ2) is 9.88. The van der Waals surface area contributed by atoms with Crippen LogP contribution in [0.3, 0.4) is 0 Å². The van der Waals surface area contributed by atoms with E-state index in [1.165, 1.54) is 11.1 Å². The molecule has 0 radical (unpaired) electrons. The fourth-order valence-corrected chi connectivity index (χ4v) is 3.68. The fraction of sp³-hybridized carbons (Fsp3) is 0.304. The van der Waals surface area contributed by atoms with Gasteiger partial charge < -0.3 is 11.5 Å². The van der Waals surface area contributed by atoms with Gasteiger partial charge in [0, 0.05) is 25.7 Å². The standard InChI is InChI=1S/C23H28N6O2/c24-22-20(28(26-30-22)16-14-18-8-3-1-4-9-18)12-7-13-21-23(25)31-27-29(21)17-15-19-10-5-2-6-11-19/h1-6,8-11H,7,12-17,24-25H2/q+2. The summed E-state index contributed by atoms with van der Waals surface area (Å²) in [6, 6.07) is 20.6. The Morgan fingerprint density at radius 3 is 1.45 bits per heavy atom. The molecule has 2 aromatic carbocycles. The lowest BCUT2D eigenvalue weighted by Crippen LogP contribution is -2.41. The summed E-state index contributed by atoms with van der Waals surface area (Å²) in [5, 5.41) is 8.20. The molecule has 0 bridgehead atoms. The van der Waals surface area contributed by atoms with Crippen LogP contribution < -0.4 is 20.8 Å². The number of anilines is 2. The first-order valence-corrected chi connectivity index (χ1v) is 10.6. The molecule has 0 fully saturated rings. The zero-order chi connectivity index (χ0) is 21.5. The van der Waals surface area contributed by atoms with Crippen molar-refractivity contribution in [1.82, 2.24) is 10.5 Å². The lowest BCUT2D eigenvalue weighted by atomic mass is 10.1. The van der Waals surface area contributed by atoms with Crippen molar-refractivity contribution in [2.75, 3.05) is 11.5 Å². The van der Waals surface area contributed by atoms with Crippen LogP contribution in [0.15, 0.2) is 69.7 Å². The first-order valence-electron chi connectivity index (χ1n) is 10.6. The van der Waals surface area contributed by atoms with Gasteiger partial charge in [0.15, 0.2) is 13.1 Å². The van der Waals surface area contributed by atoms with Crippen LogP contribution in [0.2, 0.25) is 0 Å². The van der Waals surface area contributed by atoms with E-state index >= 15 is 0 Å². The highest BCUT2D eigenvalue weighted by Gasteiger charge is 2.25. The molecule has 0 aliphatic carbocycles. The van der Waals surface area contributed by atoms with Gasteiger partial charge in [-0.25, -0.2) is 0 Å². The van der Waals surface area contributed by atoms with E-state index in [-0.39, 0.29) is 0 Å². The Morgan fingerprint density at radius 2 is 1.03 bits per heavy atom. The van der Waals surface area contributed by atoms with Crippen LogP contribution in [-0.2, 0) is 38.8 Å². The molecule has 2 heterocycles. The minimum Gasteiger partial charge on any atom is -0.362 e. The van der Waals surface area contributed by atoms with E-state index in [1.54, 1.807) is 0 Å². The Balaban J connectivity index is 1.34. The van der Waals surface area contributed by atoms with E-state index < -0.39 is 0 Å². The molecule has 4 rings (SSSR count). The van der Waals surface area contributed by atoms with Crippen LogP contribution >= 0.6 is 0 Å². The lowest BCUT2D eigenvalue weighted by Gasteiger charge is -1.98. The molecule has 31 heavy (non-hydrogen) atoms. The topological polar surface area (TPSA) is 112 Å². The molecule has 4 N–H and O–H groups in total. The number of hydrogen-bond donors (Lipinski definition) is 2. The van der Waals surface area contributed by atoms with Crippen molar-refractivity contribution in [2.24, 2.45) is 0 Å². The van der Waals surface area contributed by atoms with Crippen molar-refractivity contribution in [3.05, 3.63) is 83.2 Å². The minimum absolute atomic E-state index is 0.364. The fourth-order valence-electron chi connectivity index (χ4n) is 3.68. The van der Waals surface area contributed by atoms with Gasteiger partial charge in [0.1, 0.15) is 0 Å². The monoisotopic (exact) mass is 420 g/mol. The normalized spacial score (nSPS) is 11.1. The van der Waals surface area contributed by atoms with Crippen molar-refractivity contribution < 1.29 is 18.4 Å². The average molecular weight is 421 g/mol. The molecule has 0 saturated heterocycles. The Hall–Kier alpha value is -3.68. The summed E-state index contributed by atoms with van der Waals surface area (Å²) >= 11 is 0. The van der Waals surface area contributed by atoms with E-state index in [0.717, 1.165) is 43.5 Å². The molecular formula is C23H28N6O2+2. The quantitative estimate of drug-likeness (QED) is 0.380. The van der Waals surface area contributed by atoms with Gasteiger partial charge in [-0.2, -0.15) is 0 Å². The van der Waals surface area contributed by atoms with E-state index in [2.05, 4.69) is 34.8 Å². The van der Waals surface area contributed by atoms with Crippen LogP contribution in [0.1, 0.15) is 28.9 Å². The van der Waals surface area contributed by atoms with E-state index in [1.807, 2.05) is 45.8 Å². The second-order valence-corrected chi connectivity index (χ2v) is 7.54. The number of rotatable bonds is 10. The zero-order valence-electron chi connectivity index (χ0n) is 17.5. The highest BCUT2D eigenvalue weighted by molar-refractivity contribution is 5.27. The van der Waals surface area contributed by atoms with Gasteiger partial charge in [-0.15, -0.1) is 0 Å². The molecule has 0 amide bonds. The van der Waals surface area contributed by atoms with Crippen molar-refractivity contribution >= 4 is 11.8 Å². The highest BCUT2D eigenvalue weighted by atomic mass is 16.5. The Labute approximate surface area is 181 Å². The molecule has 8 heteroatoms. The predicted octanol–water partition coefficient (Wildman–Crippen LogP) is 2.06. The molecule has 160 valence electrons. The third-order valence-corrected chi connectivity index (χ3v) is 5.40.